The summed E-state index contributed by atoms with van der Waals surface area (Å²) in [5.74, 6) is 0.620. The zero-order valence-corrected chi connectivity index (χ0v) is 18.4. The molecule has 2 saturated heterocycles. The molecule has 2 aliphatic rings. The summed E-state index contributed by atoms with van der Waals surface area (Å²) >= 11 is 1.45. The molecule has 0 radical (unpaired) electrons. The minimum Gasteiger partial charge on any atom is -0.370 e. The Balaban J connectivity index is 1.44. The van der Waals surface area contributed by atoms with E-state index in [0.29, 0.717) is 55.1 Å². The fraction of sp³-hybridized carbons (Fsp3) is 0.500. The highest BCUT2D eigenvalue weighted by molar-refractivity contribution is 7.09. The first kappa shape index (κ1) is 21.4. The van der Waals surface area contributed by atoms with Crippen molar-refractivity contribution in [3.8, 4) is 0 Å². The van der Waals surface area contributed by atoms with Gasteiger partial charge in [0.25, 0.3) is 5.91 Å². The third-order valence-corrected chi connectivity index (χ3v) is 6.99. The largest absolute Gasteiger partial charge is 0.416 e. The molecule has 0 bridgehead atoms. The van der Waals surface area contributed by atoms with Gasteiger partial charge in [-0.3, -0.25) is 4.79 Å². The summed E-state index contributed by atoms with van der Waals surface area (Å²) < 4.78 is 47.6. The number of aromatic nitrogens is 3. The molecule has 3 aromatic rings. The molecule has 0 spiro atoms. The molecule has 32 heavy (non-hydrogen) atoms. The Bertz CT molecular complexity index is 1140. The Hall–Kier alpha value is -2.46. The molecule has 5 rings (SSSR count). The summed E-state index contributed by atoms with van der Waals surface area (Å²) in [5.41, 5.74) is 0.788. The molecule has 1 aromatic carbocycles. The van der Waals surface area contributed by atoms with Gasteiger partial charge < -0.3 is 14.2 Å². The van der Waals surface area contributed by atoms with Crippen molar-refractivity contribution in [3.63, 3.8) is 0 Å². The number of aryl methyl sites for hydroxylation is 1. The van der Waals surface area contributed by atoms with E-state index in [2.05, 4.69) is 14.5 Å². The van der Waals surface area contributed by atoms with Crippen LogP contribution in [-0.4, -0.2) is 45.0 Å². The van der Waals surface area contributed by atoms with Crippen LogP contribution in [0.1, 0.15) is 64.7 Å². The van der Waals surface area contributed by atoms with Crippen LogP contribution in [0.25, 0.3) is 11.0 Å². The number of ether oxygens (including phenoxy) is 1. The number of alkyl halides is 3. The number of rotatable bonds is 3. The van der Waals surface area contributed by atoms with Crippen LogP contribution < -0.4 is 0 Å². The number of nitrogens with zero attached hydrogens (tertiary/aromatic N) is 4. The van der Waals surface area contributed by atoms with Gasteiger partial charge in [-0.05, 0) is 50.8 Å². The van der Waals surface area contributed by atoms with E-state index in [1.54, 1.807) is 10.3 Å². The quantitative estimate of drug-likeness (QED) is 0.538. The van der Waals surface area contributed by atoms with E-state index in [0.717, 1.165) is 30.0 Å². The number of piperidine rings is 1. The number of halogens is 3. The van der Waals surface area contributed by atoms with Crippen LogP contribution in [0.15, 0.2) is 23.6 Å². The second kappa shape index (κ2) is 8.15. The third-order valence-electron chi connectivity index (χ3n) is 6.22. The summed E-state index contributed by atoms with van der Waals surface area (Å²) in [6, 6.07) is 3.78. The maximum atomic E-state index is 13.2. The SMILES string of the molecule is Cc1nc(C(=O)N2CCC(n3c([C@@H]4CCCO4)nc4cc(C(F)(F)F)ccc43)CC2)cs1. The molecule has 2 aliphatic heterocycles. The lowest BCUT2D eigenvalue weighted by Gasteiger charge is -2.33. The van der Waals surface area contributed by atoms with E-state index < -0.39 is 11.7 Å². The van der Waals surface area contributed by atoms with Crippen LogP contribution in [0.5, 0.6) is 0 Å². The molecule has 0 aliphatic carbocycles. The topological polar surface area (TPSA) is 60.2 Å². The highest BCUT2D eigenvalue weighted by Gasteiger charge is 2.34. The van der Waals surface area contributed by atoms with E-state index in [-0.39, 0.29) is 18.1 Å². The summed E-state index contributed by atoms with van der Waals surface area (Å²) in [6.45, 7) is 3.62. The molecule has 2 fully saturated rings. The number of amides is 1. The van der Waals surface area contributed by atoms with Crippen molar-refractivity contribution in [2.45, 2.75) is 50.9 Å². The average Bonchev–Trinajstić information content (AvgIpc) is 3.51. The number of likely N-dealkylation sites (tertiary alicyclic amines) is 1. The molecule has 4 heterocycles. The van der Waals surface area contributed by atoms with Crippen molar-refractivity contribution < 1.29 is 22.7 Å². The van der Waals surface area contributed by atoms with E-state index in [1.807, 2.05) is 6.92 Å². The van der Waals surface area contributed by atoms with Crippen molar-refractivity contribution in [1.82, 2.24) is 19.4 Å². The van der Waals surface area contributed by atoms with Gasteiger partial charge in [-0.1, -0.05) is 0 Å². The van der Waals surface area contributed by atoms with Crippen LogP contribution in [0, 0.1) is 6.92 Å². The molecule has 170 valence electrons. The monoisotopic (exact) mass is 464 g/mol. The number of thiazole rings is 1. The molecular formula is C22H23F3N4O2S. The van der Waals surface area contributed by atoms with Crippen LogP contribution in [0.3, 0.4) is 0 Å². The lowest BCUT2D eigenvalue weighted by atomic mass is 10.0. The van der Waals surface area contributed by atoms with Crippen molar-refractivity contribution in [3.05, 3.63) is 45.7 Å². The second-order valence-electron chi connectivity index (χ2n) is 8.32. The normalized spacial score (nSPS) is 20.4. The van der Waals surface area contributed by atoms with Gasteiger partial charge in [0.05, 0.1) is 21.6 Å². The van der Waals surface area contributed by atoms with Crippen molar-refractivity contribution in [1.29, 1.82) is 0 Å². The van der Waals surface area contributed by atoms with Gasteiger partial charge >= 0.3 is 6.18 Å². The Morgan fingerprint density at radius 1 is 1.19 bits per heavy atom. The van der Waals surface area contributed by atoms with E-state index in [1.165, 1.54) is 17.4 Å². The van der Waals surface area contributed by atoms with E-state index in [9.17, 15) is 18.0 Å². The van der Waals surface area contributed by atoms with Crippen LogP contribution in [0.4, 0.5) is 13.2 Å². The number of hydrogen-bond donors (Lipinski definition) is 0. The minimum atomic E-state index is -4.41. The van der Waals surface area contributed by atoms with Gasteiger partial charge in [-0.15, -0.1) is 11.3 Å². The second-order valence-corrected chi connectivity index (χ2v) is 9.38. The van der Waals surface area contributed by atoms with Crippen LogP contribution in [-0.2, 0) is 10.9 Å². The molecule has 0 N–H and O–H groups in total. The van der Waals surface area contributed by atoms with Gasteiger partial charge in [0, 0.05) is 31.1 Å². The Labute approximate surface area is 187 Å². The Morgan fingerprint density at radius 3 is 2.59 bits per heavy atom. The lowest BCUT2D eigenvalue weighted by molar-refractivity contribution is -0.137. The predicted octanol–water partition coefficient (Wildman–Crippen LogP) is 5.15. The van der Waals surface area contributed by atoms with Gasteiger partial charge in [0.15, 0.2) is 0 Å². The number of imidazole rings is 1. The molecule has 10 heteroatoms. The maximum Gasteiger partial charge on any atom is 0.416 e. The summed E-state index contributed by atoms with van der Waals surface area (Å²) in [5, 5.41) is 2.63. The first-order chi connectivity index (χ1) is 15.3. The van der Waals surface area contributed by atoms with Crippen LogP contribution >= 0.6 is 11.3 Å². The summed E-state index contributed by atoms with van der Waals surface area (Å²) in [6.07, 6.45) is -1.53. The number of hydrogen-bond acceptors (Lipinski definition) is 5. The summed E-state index contributed by atoms with van der Waals surface area (Å²) in [7, 11) is 0. The van der Waals surface area contributed by atoms with Crippen molar-refractivity contribution >= 4 is 28.3 Å². The molecule has 2 aromatic heterocycles. The number of benzene rings is 1. The zero-order valence-electron chi connectivity index (χ0n) is 17.6. The number of carbonyl (C=O) groups is 1. The van der Waals surface area contributed by atoms with Gasteiger partial charge in [0.1, 0.15) is 17.6 Å². The van der Waals surface area contributed by atoms with Gasteiger partial charge in [-0.2, -0.15) is 13.2 Å². The molecule has 6 nitrogen and oxygen atoms in total. The molecule has 0 unspecified atom stereocenters. The molecular weight excluding hydrogens is 441 g/mol. The van der Waals surface area contributed by atoms with Crippen LogP contribution in [0.2, 0.25) is 0 Å². The maximum absolute atomic E-state index is 13.2. The third kappa shape index (κ3) is 3.90. The highest BCUT2D eigenvalue weighted by atomic mass is 32.1. The van der Waals surface area contributed by atoms with Crippen molar-refractivity contribution in [2.75, 3.05) is 19.7 Å². The van der Waals surface area contributed by atoms with E-state index >= 15 is 0 Å². The fourth-order valence-electron chi connectivity index (χ4n) is 4.64. The van der Waals surface area contributed by atoms with Gasteiger partial charge in [-0.25, -0.2) is 9.97 Å². The fourth-order valence-corrected chi connectivity index (χ4v) is 5.22. The van der Waals surface area contributed by atoms with E-state index in [4.69, 9.17) is 4.74 Å². The van der Waals surface area contributed by atoms with Gasteiger partial charge in [0.2, 0.25) is 0 Å². The first-order valence-electron chi connectivity index (χ1n) is 10.7. The number of carbonyl (C=O) groups excluding carboxylic acids is 1. The average molecular weight is 465 g/mol. The molecule has 0 saturated carbocycles. The zero-order chi connectivity index (χ0) is 22.5. The molecule has 1 atom stereocenters. The highest BCUT2D eigenvalue weighted by Crippen LogP contribution is 2.38. The Kier molecular flexibility index (Phi) is 5.45. The Morgan fingerprint density at radius 2 is 1.97 bits per heavy atom. The van der Waals surface area contributed by atoms with Crippen molar-refractivity contribution in [2.24, 2.45) is 0 Å². The smallest absolute Gasteiger partial charge is 0.370 e. The standard InChI is InChI=1S/C22H23F3N4O2S/c1-13-26-17(12-32-13)21(30)28-8-6-15(7-9-28)29-18-5-4-14(22(23,24)25)11-16(18)27-20(29)19-3-2-10-31-19/h4-5,11-12,15,19H,2-3,6-10H2,1H3/t19-/m0/s1. The minimum absolute atomic E-state index is 0.0390. The number of fused-ring (bicyclic) bond motifs is 1. The lowest BCUT2D eigenvalue weighted by Crippen LogP contribution is -2.39. The molecule has 1 amide bonds. The first-order valence-corrected chi connectivity index (χ1v) is 11.6. The summed E-state index contributed by atoms with van der Waals surface area (Å²) in [4.78, 5) is 23.4. The predicted molar refractivity (Wildman–Crippen MR) is 114 cm³/mol.